The number of sulfonamides is 1. The first-order valence-corrected chi connectivity index (χ1v) is 11.5. The number of hydrogen-bond donors (Lipinski definition) is 0. The predicted octanol–water partition coefficient (Wildman–Crippen LogP) is 2.84. The molecule has 1 aliphatic rings. The van der Waals surface area contributed by atoms with Gasteiger partial charge in [-0.15, -0.1) is 0 Å². The summed E-state index contributed by atoms with van der Waals surface area (Å²) in [7, 11) is -2.41. The zero-order valence-corrected chi connectivity index (χ0v) is 19.0. The van der Waals surface area contributed by atoms with Crippen LogP contribution in [0.5, 0.6) is 0 Å². The maximum absolute atomic E-state index is 13.0. The molecule has 0 saturated carbocycles. The van der Waals surface area contributed by atoms with Crippen LogP contribution in [0.4, 0.5) is 18.9 Å². The number of methoxy groups -OCH3 is 1. The van der Waals surface area contributed by atoms with Crippen LogP contribution in [0.1, 0.15) is 18.4 Å². The number of ether oxygens (including phenoxy) is 1. The molecule has 2 rings (SSSR count). The number of halogens is 4. The molecule has 0 unspecified atom stereocenters. The summed E-state index contributed by atoms with van der Waals surface area (Å²) in [5.41, 5.74) is 0.356. The van der Waals surface area contributed by atoms with E-state index in [1.165, 1.54) is 22.5 Å². The first-order chi connectivity index (χ1) is 14.0. The van der Waals surface area contributed by atoms with E-state index in [-0.39, 0.29) is 15.0 Å². The van der Waals surface area contributed by atoms with Gasteiger partial charge in [-0.25, -0.2) is 17.5 Å². The second-order valence-electron chi connectivity index (χ2n) is 6.49. The first kappa shape index (κ1) is 24.6. The van der Waals surface area contributed by atoms with Crippen LogP contribution >= 0.6 is 22.6 Å². The van der Waals surface area contributed by atoms with Crippen molar-refractivity contribution in [1.29, 1.82) is 0 Å². The molecule has 1 heterocycles. The van der Waals surface area contributed by atoms with E-state index in [4.69, 9.17) is 0 Å². The van der Waals surface area contributed by atoms with Crippen LogP contribution < -0.4 is 4.90 Å². The molecule has 7 nitrogen and oxygen atoms in total. The van der Waals surface area contributed by atoms with Crippen LogP contribution in [0.15, 0.2) is 30.4 Å². The Balaban J connectivity index is 2.29. The summed E-state index contributed by atoms with van der Waals surface area (Å²) < 4.78 is 70.1. The summed E-state index contributed by atoms with van der Waals surface area (Å²) in [6, 6.07) is 4.09. The smallest absolute Gasteiger partial charge is 0.466 e. The summed E-state index contributed by atoms with van der Waals surface area (Å²) in [6.07, 6.45) is -1.54. The summed E-state index contributed by atoms with van der Waals surface area (Å²) in [5.74, 6) is -3.16. The largest absolute Gasteiger partial charge is 0.471 e. The molecule has 0 radical (unpaired) electrons. The Morgan fingerprint density at radius 3 is 2.43 bits per heavy atom. The standard InChI is InChI=1S/C18H20F3IN2O5S/c1-29-16(25)5-4-10-24(17(26)18(19,20)21)15-7-6-13(11-14(15)22)12-30(27,28)23-8-2-3-9-23/h4-7,11H,2-3,8-10,12H2,1H3/b5-4+. The van der Waals surface area contributed by atoms with Crippen LogP contribution in [0.3, 0.4) is 0 Å². The molecule has 1 amide bonds. The molecule has 0 N–H and O–H groups in total. The average molecular weight is 560 g/mol. The fourth-order valence-corrected chi connectivity index (χ4v) is 5.36. The highest BCUT2D eigenvalue weighted by Crippen LogP contribution is 2.29. The van der Waals surface area contributed by atoms with E-state index in [9.17, 15) is 31.2 Å². The Morgan fingerprint density at radius 1 is 1.27 bits per heavy atom. The van der Waals surface area contributed by atoms with Gasteiger partial charge in [0.25, 0.3) is 0 Å². The number of benzene rings is 1. The van der Waals surface area contributed by atoms with Gasteiger partial charge in [0, 0.05) is 29.3 Å². The van der Waals surface area contributed by atoms with Crippen molar-refractivity contribution in [3.8, 4) is 0 Å². The lowest BCUT2D eigenvalue weighted by atomic mass is 10.2. The molecule has 30 heavy (non-hydrogen) atoms. The summed E-state index contributed by atoms with van der Waals surface area (Å²) in [4.78, 5) is 23.5. The molecule has 1 saturated heterocycles. The summed E-state index contributed by atoms with van der Waals surface area (Å²) in [5, 5.41) is 0. The van der Waals surface area contributed by atoms with Gasteiger partial charge in [0.05, 0.1) is 18.6 Å². The molecule has 1 aromatic carbocycles. The molecule has 1 aliphatic heterocycles. The summed E-state index contributed by atoms with van der Waals surface area (Å²) >= 11 is 1.75. The van der Waals surface area contributed by atoms with Gasteiger partial charge in [-0.2, -0.15) is 13.2 Å². The number of anilines is 1. The Morgan fingerprint density at radius 2 is 1.90 bits per heavy atom. The second kappa shape index (κ2) is 10.1. The quantitative estimate of drug-likeness (QED) is 0.291. The zero-order valence-electron chi connectivity index (χ0n) is 16.0. The van der Waals surface area contributed by atoms with E-state index in [2.05, 4.69) is 4.74 Å². The number of alkyl halides is 3. The maximum Gasteiger partial charge on any atom is 0.471 e. The number of amides is 1. The van der Waals surface area contributed by atoms with Crippen molar-refractivity contribution in [3.05, 3.63) is 39.5 Å². The highest BCUT2D eigenvalue weighted by molar-refractivity contribution is 14.1. The van der Waals surface area contributed by atoms with Gasteiger partial charge < -0.3 is 4.74 Å². The molecular weight excluding hydrogens is 540 g/mol. The van der Waals surface area contributed by atoms with Gasteiger partial charge in [-0.05, 0) is 53.1 Å². The molecule has 1 fully saturated rings. The van der Waals surface area contributed by atoms with Crippen molar-refractivity contribution >= 4 is 50.2 Å². The minimum absolute atomic E-state index is 0.0465. The highest BCUT2D eigenvalue weighted by atomic mass is 127. The van der Waals surface area contributed by atoms with E-state index in [1.807, 2.05) is 0 Å². The van der Waals surface area contributed by atoms with Gasteiger partial charge in [-0.3, -0.25) is 9.69 Å². The van der Waals surface area contributed by atoms with Crippen molar-refractivity contribution in [1.82, 2.24) is 4.31 Å². The molecule has 0 bridgehead atoms. The normalized spacial score (nSPS) is 15.5. The number of nitrogens with zero attached hydrogens (tertiary/aromatic N) is 2. The minimum Gasteiger partial charge on any atom is -0.466 e. The number of rotatable bonds is 7. The van der Waals surface area contributed by atoms with Crippen molar-refractivity contribution in [2.24, 2.45) is 0 Å². The Hall–Kier alpha value is -1.67. The fraction of sp³-hybridized carbons (Fsp3) is 0.444. The predicted molar refractivity (Wildman–Crippen MR) is 112 cm³/mol. The molecule has 0 aliphatic carbocycles. The lowest BCUT2D eigenvalue weighted by molar-refractivity contribution is -0.170. The second-order valence-corrected chi connectivity index (χ2v) is 9.62. The van der Waals surface area contributed by atoms with Gasteiger partial charge in [-0.1, -0.05) is 12.1 Å². The Labute approximate surface area is 186 Å². The van der Waals surface area contributed by atoms with Crippen molar-refractivity contribution in [2.45, 2.75) is 24.8 Å². The number of carbonyl (C=O) groups excluding carboxylic acids is 2. The molecule has 1 aromatic rings. The van der Waals surface area contributed by atoms with Crippen molar-refractivity contribution in [2.75, 3.05) is 31.6 Å². The van der Waals surface area contributed by atoms with Crippen LogP contribution in [0.2, 0.25) is 0 Å². The van der Waals surface area contributed by atoms with Gasteiger partial charge >= 0.3 is 18.1 Å². The van der Waals surface area contributed by atoms with Gasteiger partial charge in [0.15, 0.2) is 0 Å². The van der Waals surface area contributed by atoms with Crippen molar-refractivity contribution < 1.29 is 35.9 Å². The topological polar surface area (TPSA) is 84.0 Å². The van der Waals surface area contributed by atoms with Crippen LogP contribution in [-0.4, -0.2) is 57.5 Å². The third-order valence-corrected chi connectivity index (χ3v) is 7.06. The Bertz CT molecular complexity index is 928. The van der Waals surface area contributed by atoms with Gasteiger partial charge in [0.2, 0.25) is 10.0 Å². The third-order valence-electron chi connectivity index (χ3n) is 4.34. The maximum atomic E-state index is 13.0. The molecule has 0 atom stereocenters. The third kappa shape index (κ3) is 6.41. The molecule has 0 aromatic heterocycles. The van der Waals surface area contributed by atoms with Crippen molar-refractivity contribution in [3.63, 3.8) is 0 Å². The molecule has 0 spiro atoms. The Kier molecular flexibility index (Phi) is 8.27. The minimum atomic E-state index is -5.13. The average Bonchev–Trinajstić information content (AvgIpc) is 3.20. The molecular formula is C18H20F3IN2O5S. The fourth-order valence-electron chi connectivity index (χ4n) is 2.89. The SMILES string of the molecule is COC(=O)/C=C/CN(C(=O)C(F)(F)F)c1ccc(CS(=O)(=O)N2CCCC2)cc1I. The summed E-state index contributed by atoms with van der Waals surface area (Å²) in [6.45, 7) is 0.394. The van der Waals surface area contributed by atoms with E-state index >= 15 is 0 Å². The van der Waals surface area contributed by atoms with Crippen LogP contribution in [0.25, 0.3) is 0 Å². The first-order valence-electron chi connectivity index (χ1n) is 8.85. The number of hydrogen-bond acceptors (Lipinski definition) is 5. The number of esters is 1. The highest BCUT2D eigenvalue weighted by Gasteiger charge is 2.43. The van der Waals surface area contributed by atoms with E-state index in [0.717, 1.165) is 32.1 Å². The lowest BCUT2D eigenvalue weighted by Crippen LogP contribution is -2.41. The van der Waals surface area contributed by atoms with E-state index < -0.39 is 34.6 Å². The van der Waals surface area contributed by atoms with Gasteiger partial charge in [0.1, 0.15) is 0 Å². The molecule has 166 valence electrons. The molecule has 12 heteroatoms. The zero-order chi connectivity index (χ0) is 22.5. The van der Waals surface area contributed by atoms with Crippen LogP contribution in [0, 0.1) is 3.57 Å². The van der Waals surface area contributed by atoms with E-state index in [0.29, 0.717) is 23.6 Å². The lowest BCUT2D eigenvalue weighted by Gasteiger charge is -2.24. The van der Waals surface area contributed by atoms with Crippen LogP contribution in [-0.2, 0) is 30.1 Å². The van der Waals surface area contributed by atoms with E-state index in [1.54, 1.807) is 22.6 Å². The monoisotopic (exact) mass is 560 g/mol. The number of carbonyl (C=O) groups is 2.